The lowest BCUT2D eigenvalue weighted by Crippen LogP contribution is -2.37. The van der Waals surface area contributed by atoms with Gasteiger partial charge in [-0.3, -0.25) is 9.69 Å². The number of carbonyl (C=O) groups is 1. The van der Waals surface area contributed by atoms with Crippen LogP contribution in [-0.2, 0) is 17.8 Å². The number of fused-ring (bicyclic) bond motifs is 1. The molecule has 3 rings (SSSR count). The second-order valence-electron chi connectivity index (χ2n) is 7.32. The van der Waals surface area contributed by atoms with Gasteiger partial charge < -0.3 is 15.2 Å². The van der Waals surface area contributed by atoms with E-state index in [0.29, 0.717) is 13.1 Å². The van der Waals surface area contributed by atoms with E-state index in [1.165, 1.54) is 22.2 Å². The van der Waals surface area contributed by atoms with E-state index in [4.69, 9.17) is 0 Å². The topological polar surface area (TPSA) is 51.4 Å². The average Bonchev–Trinajstić information content (AvgIpc) is 3.11. The summed E-state index contributed by atoms with van der Waals surface area (Å²) in [5, 5.41) is 4.29. The van der Waals surface area contributed by atoms with Gasteiger partial charge in [-0.15, -0.1) is 0 Å². The van der Waals surface area contributed by atoms with Gasteiger partial charge >= 0.3 is 0 Å². The first-order valence-electron chi connectivity index (χ1n) is 9.87. The predicted octanol–water partition coefficient (Wildman–Crippen LogP) is 3.41. The van der Waals surface area contributed by atoms with Crippen molar-refractivity contribution in [2.24, 2.45) is 0 Å². The third kappa shape index (κ3) is 5.14. The first-order chi connectivity index (χ1) is 13.6. The molecule has 1 amide bonds. The molecule has 0 fully saturated rings. The number of rotatable bonds is 9. The summed E-state index contributed by atoms with van der Waals surface area (Å²) in [4.78, 5) is 19.9. The largest absolute Gasteiger partial charge is 0.378 e. The van der Waals surface area contributed by atoms with Gasteiger partial charge in [0.05, 0.1) is 6.54 Å². The second kappa shape index (κ2) is 9.42. The van der Waals surface area contributed by atoms with Gasteiger partial charge in [-0.1, -0.05) is 37.3 Å². The molecular weight excluding hydrogens is 348 g/mol. The molecule has 2 aromatic carbocycles. The number of carbonyl (C=O) groups excluding carboxylic acids is 1. The Balaban J connectivity index is 1.47. The Morgan fingerprint density at radius 3 is 2.54 bits per heavy atom. The van der Waals surface area contributed by atoms with E-state index in [1.807, 2.05) is 32.4 Å². The fourth-order valence-corrected chi connectivity index (χ4v) is 3.37. The highest BCUT2D eigenvalue weighted by Crippen LogP contribution is 2.17. The highest BCUT2D eigenvalue weighted by molar-refractivity contribution is 5.83. The van der Waals surface area contributed by atoms with Crippen LogP contribution in [0.4, 0.5) is 5.69 Å². The van der Waals surface area contributed by atoms with Crippen molar-refractivity contribution >= 4 is 22.5 Å². The summed E-state index contributed by atoms with van der Waals surface area (Å²) in [5.74, 6) is 0.0756. The van der Waals surface area contributed by atoms with Gasteiger partial charge in [0.25, 0.3) is 0 Å². The molecule has 0 radical (unpaired) electrons. The molecule has 148 valence electrons. The van der Waals surface area contributed by atoms with Crippen LogP contribution in [0.3, 0.4) is 0 Å². The smallest absolute Gasteiger partial charge is 0.234 e. The van der Waals surface area contributed by atoms with Crippen molar-refractivity contribution in [3.05, 3.63) is 65.9 Å². The summed E-state index contributed by atoms with van der Waals surface area (Å²) >= 11 is 0. The molecular formula is C23H30N4O. The zero-order chi connectivity index (χ0) is 19.9. The van der Waals surface area contributed by atoms with E-state index < -0.39 is 0 Å². The predicted molar refractivity (Wildman–Crippen MR) is 117 cm³/mol. The molecule has 0 aliphatic rings. The van der Waals surface area contributed by atoms with Crippen LogP contribution >= 0.6 is 0 Å². The number of hydrogen-bond donors (Lipinski definition) is 2. The molecule has 0 saturated carbocycles. The number of aromatic amines is 1. The SMILES string of the molecule is CCN(CC(=O)NCCc1c[nH]c2ccccc12)Cc1ccc(N(C)C)cc1. The molecule has 5 heteroatoms. The minimum atomic E-state index is 0.0756. The highest BCUT2D eigenvalue weighted by atomic mass is 16.2. The number of nitrogens with one attached hydrogen (secondary N) is 2. The Bertz CT molecular complexity index is 898. The van der Waals surface area contributed by atoms with Crippen molar-refractivity contribution in [2.75, 3.05) is 38.6 Å². The van der Waals surface area contributed by atoms with E-state index >= 15 is 0 Å². The summed E-state index contributed by atoms with van der Waals surface area (Å²) in [6, 6.07) is 16.7. The van der Waals surface area contributed by atoms with Gasteiger partial charge in [-0.2, -0.15) is 0 Å². The molecule has 0 atom stereocenters. The number of anilines is 1. The first-order valence-corrected chi connectivity index (χ1v) is 9.87. The Morgan fingerprint density at radius 1 is 1.07 bits per heavy atom. The van der Waals surface area contributed by atoms with E-state index in [-0.39, 0.29) is 5.91 Å². The van der Waals surface area contributed by atoms with Crippen LogP contribution in [0.5, 0.6) is 0 Å². The Labute approximate surface area is 167 Å². The zero-order valence-corrected chi connectivity index (χ0v) is 17.0. The minimum absolute atomic E-state index is 0.0756. The lowest BCUT2D eigenvalue weighted by atomic mass is 10.1. The molecule has 0 unspecified atom stereocenters. The molecule has 1 heterocycles. The van der Waals surface area contributed by atoms with E-state index in [9.17, 15) is 4.79 Å². The molecule has 0 aliphatic carbocycles. The third-order valence-corrected chi connectivity index (χ3v) is 5.06. The summed E-state index contributed by atoms with van der Waals surface area (Å²) in [5.41, 5.74) is 4.78. The van der Waals surface area contributed by atoms with Crippen molar-refractivity contribution in [1.82, 2.24) is 15.2 Å². The van der Waals surface area contributed by atoms with Gasteiger partial charge in [0, 0.05) is 50.0 Å². The van der Waals surface area contributed by atoms with Gasteiger partial charge in [0.1, 0.15) is 0 Å². The molecule has 0 spiro atoms. The second-order valence-corrected chi connectivity index (χ2v) is 7.32. The Hall–Kier alpha value is -2.79. The standard InChI is InChI=1S/C23H30N4O/c1-4-27(16-18-9-11-20(12-10-18)26(2)3)17-23(28)24-14-13-19-15-25-22-8-6-5-7-21(19)22/h5-12,15,25H,4,13-14,16-17H2,1-3H3,(H,24,28). The Morgan fingerprint density at radius 2 is 1.82 bits per heavy atom. The maximum absolute atomic E-state index is 12.4. The van der Waals surface area contributed by atoms with Crippen molar-refractivity contribution in [3.63, 3.8) is 0 Å². The monoisotopic (exact) mass is 378 g/mol. The third-order valence-electron chi connectivity index (χ3n) is 5.06. The number of benzene rings is 2. The minimum Gasteiger partial charge on any atom is -0.378 e. The zero-order valence-electron chi connectivity index (χ0n) is 17.0. The summed E-state index contributed by atoms with van der Waals surface area (Å²) in [6.07, 6.45) is 2.86. The molecule has 2 N–H and O–H groups in total. The van der Waals surface area contributed by atoms with E-state index in [1.54, 1.807) is 0 Å². The number of H-pyrrole nitrogens is 1. The number of amides is 1. The van der Waals surface area contributed by atoms with Gasteiger partial charge in [-0.05, 0) is 42.3 Å². The van der Waals surface area contributed by atoms with Crippen LogP contribution in [0, 0.1) is 0 Å². The average molecular weight is 379 g/mol. The molecule has 0 saturated heterocycles. The van der Waals surface area contributed by atoms with E-state index in [2.05, 4.69) is 63.4 Å². The number of hydrogen-bond acceptors (Lipinski definition) is 3. The van der Waals surface area contributed by atoms with Crippen molar-refractivity contribution < 1.29 is 4.79 Å². The highest BCUT2D eigenvalue weighted by Gasteiger charge is 2.10. The van der Waals surface area contributed by atoms with Crippen molar-refractivity contribution in [2.45, 2.75) is 19.9 Å². The van der Waals surface area contributed by atoms with Gasteiger partial charge in [0.2, 0.25) is 5.91 Å². The number of aromatic nitrogens is 1. The van der Waals surface area contributed by atoms with Gasteiger partial charge in [-0.25, -0.2) is 0 Å². The van der Waals surface area contributed by atoms with Gasteiger partial charge in [0.15, 0.2) is 0 Å². The number of likely N-dealkylation sites (N-methyl/N-ethyl adjacent to an activating group) is 1. The fraction of sp³-hybridized carbons (Fsp3) is 0.348. The van der Waals surface area contributed by atoms with Crippen LogP contribution in [0.1, 0.15) is 18.1 Å². The quantitative estimate of drug-likeness (QED) is 0.600. The number of nitrogens with zero attached hydrogens (tertiary/aromatic N) is 2. The van der Waals surface area contributed by atoms with Crippen LogP contribution in [0.25, 0.3) is 10.9 Å². The summed E-state index contributed by atoms with van der Waals surface area (Å²) in [6.45, 7) is 4.77. The van der Waals surface area contributed by atoms with Crippen LogP contribution in [-0.4, -0.2) is 49.5 Å². The van der Waals surface area contributed by atoms with Crippen LogP contribution in [0.2, 0.25) is 0 Å². The van der Waals surface area contributed by atoms with Crippen molar-refractivity contribution in [3.8, 4) is 0 Å². The molecule has 0 aliphatic heterocycles. The maximum Gasteiger partial charge on any atom is 0.234 e. The normalized spacial score (nSPS) is 11.1. The lowest BCUT2D eigenvalue weighted by Gasteiger charge is -2.20. The summed E-state index contributed by atoms with van der Waals surface area (Å²) < 4.78 is 0. The molecule has 28 heavy (non-hydrogen) atoms. The van der Waals surface area contributed by atoms with Crippen LogP contribution < -0.4 is 10.2 Å². The molecule has 5 nitrogen and oxygen atoms in total. The van der Waals surface area contributed by atoms with Crippen LogP contribution in [0.15, 0.2) is 54.7 Å². The molecule has 1 aromatic heterocycles. The fourth-order valence-electron chi connectivity index (χ4n) is 3.37. The number of para-hydroxylation sites is 1. The maximum atomic E-state index is 12.4. The Kier molecular flexibility index (Phi) is 6.71. The first kappa shape index (κ1) is 20.0. The van der Waals surface area contributed by atoms with E-state index in [0.717, 1.165) is 25.0 Å². The molecule has 0 bridgehead atoms. The molecule has 3 aromatic rings. The lowest BCUT2D eigenvalue weighted by molar-refractivity contribution is -0.122. The summed E-state index contributed by atoms with van der Waals surface area (Å²) in [7, 11) is 4.07. The van der Waals surface area contributed by atoms with Crippen molar-refractivity contribution in [1.29, 1.82) is 0 Å².